The second kappa shape index (κ2) is 4.56. The third kappa shape index (κ3) is 2.96. The van der Waals surface area contributed by atoms with Crippen LogP contribution in [0, 0.1) is 12.8 Å². The quantitative estimate of drug-likeness (QED) is 0.743. The highest BCUT2D eigenvalue weighted by Crippen LogP contribution is 2.18. The lowest BCUT2D eigenvalue weighted by molar-refractivity contribution is -0.110. The predicted molar refractivity (Wildman–Crippen MR) is 57.8 cm³/mol. The molecule has 1 aromatic rings. The van der Waals surface area contributed by atoms with Gasteiger partial charge < -0.3 is 4.79 Å². The zero-order valence-electron chi connectivity index (χ0n) is 7.88. The fourth-order valence-corrected chi connectivity index (χ4v) is 1.76. The Labute approximate surface area is 87.3 Å². The van der Waals surface area contributed by atoms with Crippen molar-refractivity contribution in [1.29, 1.82) is 0 Å². The van der Waals surface area contributed by atoms with Gasteiger partial charge in [-0.2, -0.15) is 0 Å². The number of hydrogen-bond acceptors (Lipinski definition) is 1. The molecule has 13 heavy (non-hydrogen) atoms. The summed E-state index contributed by atoms with van der Waals surface area (Å²) in [5, 5.41) is 0. The summed E-state index contributed by atoms with van der Waals surface area (Å²) < 4.78 is 1.09. The van der Waals surface area contributed by atoms with Crippen molar-refractivity contribution < 1.29 is 4.79 Å². The molecule has 1 aromatic carbocycles. The molecule has 1 unspecified atom stereocenters. The van der Waals surface area contributed by atoms with Crippen molar-refractivity contribution in [3.8, 4) is 0 Å². The number of rotatable bonds is 3. The molecule has 2 heteroatoms. The SMILES string of the molecule is Cc1cc(Br)ccc1CC(C)C=O. The molecule has 0 heterocycles. The Kier molecular flexibility index (Phi) is 3.67. The van der Waals surface area contributed by atoms with Crippen molar-refractivity contribution in [2.75, 3.05) is 0 Å². The number of carbonyl (C=O) groups is 1. The largest absolute Gasteiger partial charge is 0.303 e. The number of aldehydes is 1. The topological polar surface area (TPSA) is 17.1 Å². The molecule has 0 aliphatic rings. The summed E-state index contributed by atoms with van der Waals surface area (Å²) in [6, 6.07) is 6.16. The Morgan fingerprint density at radius 1 is 1.54 bits per heavy atom. The van der Waals surface area contributed by atoms with Crippen molar-refractivity contribution in [3.05, 3.63) is 33.8 Å². The molecule has 0 spiro atoms. The first-order valence-electron chi connectivity index (χ1n) is 4.34. The lowest BCUT2D eigenvalue weighted by atomic mass is 9.99. The third-order valence-corrected chi connectivity index (χ3v) is 2.57. The second-order valence-electron chi connectivity index (χ2n) is 3.39. The van der Waals surface area contributed by atoms with Crippen LogP contribution in [0.15, 0.2) is 22.7 Å². The maximum Gasteiger partial charge on any atom is 0.123 e. The highest BCUT2D eigenvalue weighted by Gasteiger charge is 2.04. The van der Waals surface area contributed by atoms with Crippen molar-refractivity contribution in [2.24, 2.45) is 5.92 Å². The molecule has 0 saturated carbocycles. The maximum absolute atomic E-state index is 10.5. The number of hydrogen-bond donors (Lipinski definition) is 0. The summed E-state index contributed by atoms with van der Waals surface area (Å²) in [4.78, 5) is 10.5. The van der Waals surface area contributed by atoms with Gasteiger partial charge in [-0.1, -0.05) is 28.9 Å². The number of carbonyl (C=O) groups excluding carboxylic acids is 1. The standard InChI is InChI=1S/C11H13BrO/c1-8(7-13)5-10-3-4-11(12)6-9(10)2/h3-4,6-8H,5H2,1-2H3. The van der Waals surface area contributed by atoms with Crippen LogP contribution in [-0.4, -0.2) is 6.29 Å². The lowest BCUT2D eigenvalue weighted by Crippen LogP contribution is -2.02. The van der Waals surface area contributed by atoms with Crippen molar-refractivity contribution in [3.63, 3.8) is 0 Å². The summed E-state index contributed by atoms with van der Waals surface area (Å²) in [7, 11) is 0. The number of aryl methyl sites for hydroxylation is 1. The minimum Gasteiger partial charge on any atom is -0.303 e. The number of halogens is 1. The van der Waals surface area contributed by atoms with Gasteiger partial charge in [0.2, 0.25) is 0 Å². The minimum atomic E-state index is 0.111. The molecule has 0 bridgehead atoms. The molecule has 70 valence electrons. The Balaban J connectivity index is 2.83. The van der Waals surface area contributed by atoms with Crippen molar-refractivity contribution >= 4 is 22.2 Å². The van der Waals surface area contributed by atoms with Crippen molar-refractivity contribution in [1.82, 2.24) is 0 Å². The summed E-state index contributed by atoms with van der Waals surface area (Å²) in [6.07, 6.45) is 1.84. The van der Waals surface area contributed by atoms with E-state index < -0.39 is 0 Å². The zero-order chi connectivity index (χ0) is 9.84. The van der Waals surface area contributed by atoms with Crippen LogP contribution in [0.5, 0.6) is 0 Å². The normalized spacial score (nSPS) is 12.5. The van der Waals surface area contributed by atoms with E-state index in [9.17, 15) is 4.79 Å². The molecule has 0 N–H and O–H groups in total. The monoisotopic (exact) mass is 240 g/mol. The first kappa shape index (κ1) is 10.5. The smallest absolute Gasteiger partial charge is 0.123 e. The van der Waals surface area contributed by atoms with E-state index in [-0.39, 0.29) is 5.92 Å². The van der Waals surface area contributed by atoms with Gasteiger partial charge in [0.05, 0.1) is 0 Å². The van der Waals surface area contributed by atoms with E-state index in [0.717, 1.165) is 17.2 Å². The molecule has 0 aliphatic heterocycles. The van der Waals surface area contributed by atoms with E-state index in [1.165, 1.54) is 11.1 Å². The van der Waals surface area contributed by atoms with E-state index in [0.29, 0.717) is 0 Å². The molecular formula is C11H13BrO. The van der Waals surface area contributed by atoms with Gasteiger partial charge in [-0.05, 0) is 36.6 Å². The van der Waals surface area contributed by atoms with Crippen molar-refractivity contribution in [2.45, 2.75) is 20.3 Å². The van der Waals surface area contributed by atoms with Crippen LogP contribution >= 0.6 is 15.9 Å². The van der Waals surface area contributed by atoms with Crippen LogP contribution in [0.25, 0.3) is 0 Å². The first-order valence-corrected chi connectivity index (χ1v) is 5.13. The van der Waals surface area contributed by atoms with Crippen LogP contribution in [0.3, 0.4) is 0 Å². The van der Waals surface area contributed by atoms with Crippen LogP contribution in [0.4, 0.5) is 0 Å². The van der Waals surface area contributed by atoms with Gasteiger partial charge >= 0.3 is 0 Å². The van der Waals surface area contributed by atoms with Crippen LogP contribution in [-0.2, 0) is 11.2 Å². The van der Waals surface area contributed by atoms with Gasteiger partial charge in [0.1, 0.15) is 6.29 Å². The molecule has 0 saturated heterocycles. The third-order valence-electron chi connectivity index (χ3n) is 2.08. The summed E-state index contributed by atoms with van der Waals surface area (Å²) in [5.74, 6) is 0.111. The van der Waals surface area contributed by atoms with E-state index in [1.54, 1.807) is 0 Å². The second-order valence-corrected chi connectivity index (χ2v) is 4.30. The van der Waals surface area contributed by atoms with Gasteiger partial charge in [-0.15, -0.1) is 0 Å². The average molecular weight is 241 g/mol. The summed E-state index contributed by atoms with van der Waals surface area (Å²) in [5.41, 5.74) is 2.49. The molecule has 0 fully saturated rings. The minimum absolute atomic E-state index is 0.111. The lowest BCUT2D eigenvalue weighted by Gasteiger charge is -2.07. The summed E-state index contributed by atoms with van der Waals surface area (Å²) >= 11 is 3.41. The Bertz CT molecular complexity index is 307. The average Bonchev–Trinajstić information content (AvgIpc) is 2.09. The molecule has 0 radical (unpaired) electrons. The van der Waals surface area contributed by atoms with E-state index >= 15 is 0 Å². The highest BCUT2D eigenvalue weighted by molar-refractivity contribution is 9.10. The van der Waals surface area contributed by atoms with Crippen LogP contribution < -0.4 is 0 Å². The maximum atomic E-state index is 10.5. The summed E-state index contributed by atoms with van der Waals surface area (Å²) in [6.45, 7) is 4.01. The van der Waals surface area contributed by atoms with E-state index in [1.807, 2.05) is 13.0 Å². The van der Waals surface area contributed by atoms with Gasteiger partial charge in [0.25, 0.3) is 0 Å². The molecule has 1 nitrogen and oxygen atoms in total. The Morgan fingerprint density at radius 3 is 2.77 bits per heavy atom. The molecule has 0 amide bonds. The van der Waals surface area contributed by atoms with Gasteiger partial charge in [-0.3, -0.25) is 0 Å². The Morgan fingerprint density at radius 2 is 2.23 bits per heavy atom. The molecule has 0 aromatic heterocycles. The molecule has 1 atom stereocenters. The highest BCUT2D eigenvalue weighted by atomic mass is 79.9. The van der Waals surface area contributed by atoms with Crippen LogP contribution in [0.2, 0.25) is 0 Å². The molecular weight excluding hydrogens is 228 g/mol. The molecule has 0 aliphatic carbocycles. The number of benzene rings is 1. The van der Waals surface area contributed by atoms with Crippen LogP contribution in [0.1, 0.15) is 18.1 Å². The molecule has 1 rings (SSSR count). The van der Waals surface area contributed by atoms with Gasteiger partial charge in [-0.25, -0.2) is 0 Å². The Hall–Kier alpha value is -0.630. The fraction of sp³-hybridized carbons (Fsp3) is 0.364. The van der Waals surface area contributed by atoms with E-state index in [2.05, 4.69) is 35.0 Å². The fourth-order valence-electron chi connectivity index (χ4n) is 1.28. The predicted octanol–water partition coefficient (Wildman–Crippen LogP) is 3.14. The van der Waals surface area contributed by atoms with Gasteiger partial charge in [0.15, 0.2) is 0 Å². The first-order chi connectivity index (χ1) is 6.13. The zero-order valence-corrected chi connectivity index (χ0v) is 9.47. The van der Waals surface area contributed by atoms with E-state index in [4.69, 9.17) is 0 Å². The van der Waals surface area contributed by atoms with Gasteiger partial charge in [0, 0.05) is 10.4 Å².